The molecule has 0 spiro atoms. The molecule has 0 saturated heterocycles. The van der Waals surface area contributed by atoms with Crippen LogP contribution in [0.25, 0.3) is 0 Å². The number of benzene rings is 1. The van der Waals surface area contributed by atoms with Crippen molar-refractivity contribution in [2.45, 2.75) is 39.2 Å². The molecule has 0 aliphatic carbocycles. The van der Waals surface area contributed by atoms with Crippen molar-refractivity contribution in [2.75, 3.05) is 6.54 Å². The molecule has 0 radical (unpaired) electrons. The third kappa shape index (κ3) is 7.58. The van der Waals surface area contributed by atoms with Crippen LogP contribution < -0.4 is 10.1 Å². The van der Waals surface area contributed by atoms with Crippen LogP contribution in [0.1, 0.15) is 31.7 Å². The van der Waals surface area contributed by atoms with Gasteiger partial charge in [0.2, 0.25) is 5.91 Å². The number of hydrogen-bond acceptors (Lipinski definition) is 3. The van der Waals surface area contributed by atoms with E-state index in [1.165, 1.54) is 12.1 Å². The SMILES string of the molecule is CCCC(CNC(=O)CCc1ccc(OC(F)F)cc1)C(=O)O. The second-order valence-electron chi connectivity index (χ2n) is 5.15. The van der Waals surface area contributed by atoms with Crippen molar-refractivity contribution >= 4 is 11.9 Å². The van der Waals surface area contributed by atoms with E-state index in [-0.39, 0.29) is 24.6 Å². The molecule has 0 aliphatic heterocycles. The summed E-state index contributed by atoms with van der Waals surface area (Å²) in [7, 11) is 0. The van der Waals surface area contributed by atoms with Gasteiger partial charge in [0.05, 0.1) is 5.92 Å². The smallest absolute Gasteiger partial charge is 0.387 e. The molecule has 0 fully saturated rings. The van der Waals surface area contributed by atoms with Gasteiger partial charge in [0.25, 0.3) is 0 Å². The summed E-state index contributed by atoms with van der Waals surface area (Å²) in [5.41, 5.74) is 0.810. The average Bonchev–Trinajstić information content (AvgIpc) is 2.50. The second kappa shape index (κ2) is 9.76. The number of nitrogens with one attached hydrogen (secondary N) is 1. The Hall–Kier alpha value is -2.18. The van der Waals surface area contributed by atoms with Crippen molar-refractivity contribution in [3.05, 3.63) is 29.8 Å². The molecule has 1 aromatic rings. The molecule has 0 bridgehead atoms. The first-order chi connectivity index (χ1) is 10.9. The first-order valence-electron chi connectivity index (χ1n) is 7.45. The third-order valence-electron chi connectivity index (χ3n) is 3.32. The average molecular weight is 329 g/mol. The number of rotatable bonds is 10. The van der Waals surface area contributed by atoms with Crippen LogP contribution in [0.3, 0.4) is 0 Å². The van der Waals surface area contributed by atoms with E-state index in [9.17, 15) is 18.4 Å². The minimum atomic E-state index is -2.86. The van der Waals surface area contributed by atoms with E-state index in [0.29, 0.717) is 12.8 Å². The van der Waals surface area contributed by atoms with Gasteiger partial charge >= 0.3 is 12.6 Å². The Balaban J connectivity index is 2.36. The van der Waals surface area contributed by atoms with E-state index in [2.05, 4.69) is 10.1 Å². The van der Waals surface area contributed by atoms with Crippen molar-refractivity contribution in [1.82, 2.24) is 5.32 Å². The summed E-state index contributed by atoms with van der Waals surface area (Å²) in [5.74, 6) is -1.66. The van der Waals surface area contributed by atoms with Gasteiger partial charge in [0, 0.05) is 13.0 Å². The molecule has 2 N–H and O–H groups in total. The van der Waals surface area contributed by atoms with Crippen molar-refractivity contribution in [1.29, 1.82) is 0 Å². The van der Waals surface area contributed by atoms with Gasteiger partial charge in [-0.3, -0.25) is 9.59 Å². The summed E-state index contributed by atoms with van der Waals surface area (Å²) < 4.78 is 28.3. The van der Waals surface area contributed by atoms with Crippen molar-refractivity contribution < 1.29 is 28.2 Å². The van der Waals surface area contributed by atoms with Gasteiger partial charge in [0.1, 0.15) is 5.75 Å². The van der Waals surface area contributed by atoms with Crippen LogP contribution >= 0.6 is 0 Å². The molecule has 128 valence electrons. The van der Waals surface area contributed by atoms with Crippen LogP contribution in [0.15, 0.2) is 24.3 Å². The highest BCUT2D eigenvalue weighted by molar-refractivity contribution is 5.77. The summed E-state index contributed by atoms with van der Waals surface area (Å²) in [6.45, 7) is -0.862. The molecule has 0 saturated carbocycles. The fourth-order valence-electron chi connectivity index (χ4n) is 2.08. The molecule has 1 rings (SSSR count). The highest BCUT2D eigenvalue weighted by Gasteiger charge is 2.17. The highest BCUT2D eigenvalue weighted by atomic mass is 19.3. The first kappa shape index (κ1) is 18.9. The number of halogens is 2. The minimum Gasteiger partial charge on any atom is -0.481 e. The Morgan fingerprint density at radius 1 is 1.26 bits per heavy atom. The lowest BCUT2D eigenvalue weighted by molar-refractivity contribution is -0.141. The Labute approximate surface area is 133 Å². The van der Waals surface area contributed by atoms with Crippen LogP contribution in [0.2, 0.25) is 0 Å². The van der Waals surface area contributed by atoms with E-state index in [1.807, 2.05) is 6.92 Å². The number of carboxylic acids is 1. The maximum absolute atomic E-state index is 12.0. The number of hydrogen-bond donors (Lipinski definition) is 2. The molecule has 23 heavy (non-hydrogen) atoms. The Morgan fingerprint density at radius 2 is 1.91 bits per heavy atom. The second-order valence-corrected chi connectivity index (χ2v) is 5.15. The molecule has 1 atom stereocenters. The van der Waals surface area contributed by atoms with Gasteiger partial charge in [-0.05, 0) is 30.5 Å². The van der Waals surface area contributed by atoms with Crippen LogP contribution in [0.5, 0.6) is 5.75 Å². The molecule has 0 aliphatic rings. The number of carboxylic acid groups (broad SMARTS) is 1. The lowest BCUT2D eigenvalue weighted by atomic mass is 10.0. The maximum atomic E-state index is 12.0. The van der Waals surface area contributed by atoms with Crippen LogP contribution in [-0.2, 0) is 16.0 Å². The summed E-state index contributed by atoms with van der Waals surface area (Å²) in [6, 6.07) is 6.06. The number of amides is 1. The Kier molecular flexibility index (Phi) is 8.01. The lowest BCUT2D eigenvalue weighted by Crippen LogP contribution is -2.33. The monoisotopic (exact) mass is 329 g/mol. The standard InChI is InChI=1S/C16H21F2NO4/c1-2-3-12(15(21)22)10-19-14(20)9-6-11-4-7-13(8-5-11)23-16(17)18/h4-5,7-8,12,16H,2-3,6,9-10H2,1H3,(H,19,20)(H,21,22). The normalized spacial score (nSPS) is 12.0. The predicted molar refractivity (Wildman–Crippen MR) is 80.4 cm³/mol. The van der Waals surface area contributed by atoms with E-state index < -0.39 is 18.5 Å². The number of ether oxygens (including phenoxy) is 1. The van der Waals surface area contributed by atoms with Crippen LogP contribution in [0.4, 0.5) is 8.78 Å². The van der Waals surface area contributed by atoms with Crippen molar-refractivity contribution in [3.63, 3.8) is 0 Å². The third-order valence-corrected chi connectivity index (χ3v) is 3.32. The summed E-state index contributed by atoms with van der Waals surface area (Å²) in [6.07, 6.45) is 1.89. The molecule has 1 aromatic carbocycles. The number of aliphatic carboxylic acids is 1. The molecule has 0 aromatic heterocycles. The Morgan fingerprint density at radius 3 is 2.43 bits per heavy atom. The topological polar surface area (TPSA) is 75.6 Å². The molecule has 7 heteroatoms. The quantitative estimate of drug-likeness (QED) is 0.692. The van der Waals surface area contributed by atoms with E-state index in [1.54, 1.807) is 12.1 Å². The van der Waals surface area contributed by atoms with Gasteiger partial charge in [-0.2, -0.15) is 8.78 Å². The van der Waals surface area contributed by atoms with Gasteiger partial charge < -0.3 is 15.2 Å². The zero-order valence-corrected chi connectivity index (χ0v) is 12.9. The van der Waals surface area contributed by atoms with E-state index in [0.717, 1.165) is 12.0 Å². The maximum Gasteiger partial charge on any atom is 0.387 e. The fourth-order valence-corrected chi connectivity index (χ4v) is 2.08. The highest BCUT2D eigenvalue weighted by Crippen LogP contribution is 2.15. The van der Waals surface area contributed by atoms with Crippen LogP contribution in [-0.4, -0.2) is 30.1 Å². The largest absolute Gasteiger partial charge is 0.481 e. The summed E-state index contributed by atoms with van der Waals surface area (Å²) in [5, 5.41) is 11.6. The predicted octanol–water partition coefficient (Wildman–Crippen LogP) is 2.84. The number of carbonyl (C=O) groups excluding carboxylic acids is 1. The minimum absolute atomic E-state index is 0.0667. The van der Waals surface area contributed by atoms with Crippen molar-refractivity contribution in [3.8, 4) is 5.75 Å². The van der Waals surface area contributed by atoms with Gasteiger partial charge in [0.15, 0.2) is 0 Å². The van der Waals surface area contributed by atoms with Gasteiger partial charge in [-0.1, -0.05) is 25.5 Å². The molecular weight excluding hydrogens is 308 g/mol. The number of carbonyl (C=O) groups is 2. The molecule has 1 unspecified atom stereocenters. The number of alkyl halides is 2. The zero-order chi connectivity index (χ0) is 17.2. The number of aryl methyl sites for hydroxylation is 1. The van der Waals surface area contributed by atoms with E-state index >= 15 is 0 Å². The Bertz CT molecular complexity index is 505. The molecule has 1 amide bonds. The van der Waals surface area contributed by atoms with Crippen molar-refractivity contribution in [2.24, 2.45) is 5.92 Å². The molecule has 5 nitrogen and oxygen atoms in total. The summed E-state index contributed by atoms with van der Waals surface area (Å²) >= 11 is 0. The van der Waals surface area contributed by atoms with Crippen LogP contribution in [0, 0.1) is 5.92 Å². The molecular formula is C16H21F2NO4. The lowest BCUT2D eigenvalue weighted by Gasteiger charge is -2.12. The van der Waals surface area contributed by atoms with Gasteiger partial charge in [-0.15, -0.1) is 0 Å². The fraction of sp³-hybridized carbons (Fsp3) is 0.500. The summed E-state index contributed by atoms with van der Waals surface area (Å²) in [4.78, 5) is 22.7. The zero-order valence-electron chi connectivity index (χ0n) is 12.9. The molecule has 0 heterocycles. The first-order valence-corrected chi connectivity index (χ1v) is 7.45. The van der Waals surface area contributed by atoms with Gasteiger partial charge in [-0.25, -0.2) is 0 Å². The van der Waals surface area contributed by atoms with E-state index in [4.69, 9.17) is 5.11 Å².